The second-order valence-electron chi connectivity index (χ2n) is 7.92. The van der Waals surface area contributed by atoms with Crippen LogP contribution in [0.15, 0.2) is 42.5 Å². The quantitative estimate of drug-likeness (QED) is 0.777. The highest BCUT2D eigenvalue weighted by atomic mass is 16.2. The van der Waals surface area contributed by atoms with Crippen LogP contribution in [-0.2, 0) is 4.79 Å². The van der Waals surface area contributed by atoms with Crippen LogP contribution in [0.1, 0.15) is 49.9 Å². The summed E-state index contributed by atoms with van der Waals surface area (Å²) in [6.45, 7) is 6.44. The fourth-order valence-electron chi connectivity index (χ4n) is 3.79. The smallest absolute Gasteiger partial charge is 0.254 e. The molecule has 0 unspecified atom stereocenters. The molecule has 1 N–H and O–H groups in total. The lowest BCUT2D eigenvalue weighted by Crippen LogP contribution is -2.43. The van der Waals surface area contributed by atoms with Crippen molar-refractivity contribution < 1.29 is 9.59 Å². The zero-order valence-corrected chi connectivity index (χ0v) is 16.4. The minimum absolute atomic E-state index is 0.0283. The van der Waals surface area contributed by atoms with Crippen LogP contribution in [0.3, 0.4) is 0 Å². The first-order valence-corrected chi connectivity index (χ1v) is 10.1. The summed E-state index contributed by atoms with van der Waals surface area (Å²) in [6.07, 6.45) is 3.65. The molecule has 0 aromatic heterocycles. The van der Waals surface area contributed by atoms with Crippen molar-refractivity contribution in [3.8, 4) is 0 Å². The Bertz CT molecular complexity index is 787. The van der Waals surface area contributed by atoms with Gasteiger partial charge in [-0.25, -0.2) is 0 Å². The van der Waals surface area contributed by atoms with Crippen molar-refractivity contribution in [2.24, 2.45) is 11.8 Å². The topological polar surface area (TPSA) is 49.4 Å². The van der Waals surface area contributed by atoms with Crippen LogP contribution in [-0.4, -0.2) is 36.3 Å². The summed E-state index contributed by atoms with van der Waals surface area (Å²) in [7, 11) is 0. The molecule has 3 rings (SSSR count). The molecule has 0 bridgehead atoms. The van der Waals surface area contributed by atoms with Crippen molar-refractivity contribution in [2.45, 2.75) is 39.5 Å². The lowest BCUT2D eigenvalue weighted by molar-refractivity contribution is -0.126. The zero-order chi connectivity index (χ0) is 19.2. The molecule has 1 aliphatic rings. The summed E-state index contributed by atoms with van der Waals surface area (Å²) in [4.78, 5) is 27.2. The number of hydrogen-bond acceptors (Lipinski definition) is 2. The van der Waals surface area contributed by atoms with Gasteiger partial charge in [-0.3, -0.25) is 9.59 Å². The van der Waals surface area contributed by atoms with Gasteiger partial charge in [0.1, 0.15) is 0 Å². The summed E-state index contributed by atoms with van der Waals surface area (Å²) in [5.74, 6) is 0.921. The average molecular weight is 367 g/mol. The lowest BCUT2D eigenvalue weighted by Gasteiger charge is -2.31. The summed E-state index contributed by atoms with van der Waals surface area (Å²) in [5.41, 5.74) is 0.754. The molecule has 144 valence electrons. The van der Waals surface area contributed by atoms with Gasteiger partial charge in [0, 0.05) is 31.1 Å². The van der Waals surface area contributed by atoms with E-state index in [-0.39, 0.29) is 17.7 Å². The maximum atomic E-state index is 13.0. The minimum Gasteiger partial charge on any atom is -0.356 e. The van der Waals surface area contributed by atoms with Crippen LogP contribution >= 0.6 is 0 Å². The van der Waals surface area contributed by atoms with E-state index >= 15 is 0 Å². The van der Waals surface area contributed by atoms with Crippen molar-refractivity contribution >= 4 is 22.6 Å². The Balaban J connectivity index is 1.54. The van der Waals surface area contributed by atoms with Crippen molar-refractivity contribution in [1.82, 2.24) is 10.2 Å². The van der Waals surface area contributed by atoms with E-state index in [4.69, 9.17) is 0 Å². The Morgan fingerprint density at radius 3 is 2.52 bits per heavy atom. The summed E-state index contributed by atoms with van der Waals surface area (Å²) in [6, 6.07) is 13.9. The predicted molar refractivity (Wildman–Crippen MR) is 110 cm³/mol. The number of benzene rings is 2. The van der Waals surface area contributed by atoms with Gasteiger partial charge in [0.15, 0.2) is 0 Å². The van der Waals surface area contributed by atoms with E-state index in [2.05, 4.69) is 19.2 Å². The number of fused-ring (bicyclic) bond motifs is 1. The van der Waals surface area contributed by atoms with Gasteiger partial charge in [-0.05, 0) is 48.4 Å². The van der Waals surface area contributed by atoms with Crippen LogP contribution in [0.5, 0.6) is 0 Å². The molecule has 2 amide bonds. The molecule has 2 aromatic rings. The van der Waals surface area contributed by atoms with Gasteiger partial charge in [-0.15, -0.1) is 0 Å². The lowest BCUT2D eigenvalue weighted by atomic mass is 9.94. The summed E-state index contributed by atoms with van der Waals surface area (Å²) < 4.78 is 0. The number of likely N-dealkylation sites (tertiary alicyclic amines) is 1. The van der Waals surface area contributed by atoms with E-state index < -0.39 is 0 Å². The molecular formula is C23H30N2O2. The molecule has 1 fully saturated rings. The van der Waals surface area contributed by atoms with Crippen LogP contribution in [0.2, 0.25) is 0 Å². The van der Waals surface area contributed by atoms with Gasteiger partial charge >= 0.3 is 0 Å². The number of amides is 2. The predicted octanol–water partition coefficient (Wildman–Crippen LogP) is 4.24. The average Bonchev–Trinajstić information content (AvgIpc) is 2.70. The maximum absolute atomic E-state index is 13.0. The highest BCUT2D eigenvalue weighted by Crippen LogP contribution is 2.23. The second-order valence-corrected chi connectivity index (χ2v) is 7.92. The standard InChI is InChI=1S/C23H30N2O2/c1-17(2)7-6-14-24-22(26)19-12-15-25(16-13-19)23(27)21-11-5-9-18-8-3-4-10-20(18)21/h3-5,8-11,17,19H,6-7,12-16H2,1-2H3,(H,24,26). The van der Waals surface area contributed by atoms with Crippen molar-refractivity contribution in [3.05, 3.63) is 48.0 Å². The Kier molecular flexibility index (Phi) is 6.49. The first-order chi connectivity index (χ1) is 13.1. The molecular weight excluding hydrogens is 336 g/mol. The van der Waals surface area contributed by atoms with E-state index in [1.165, 1.54) is 0 Å². The molecule has 0 spiro atoms. The Labute approximate surface area is 161 Å². The summed E-state index contributed by atoms with van der Waals surface area (Å²) >= 11 is 0. The van der Waals surface area contributed by atoms with Crippen LogP contribution in [0.25, 0.3) is 10.8 Å². The number of nitrogens with one attached hydrogen (secondary N) is 1. The fourth-order valence-corrected chi connectivity index (χ4v) is 3.79. The fraction of sp³-hybridized carbons (Fsp3) is 0.478. The van der Waals surface area contributed by atoms with E-state index in [1.807, 2.05) is 47.4 Å². The summed E-state index contributed by atoms with van der Waals surface area (Å²) in [5, 5.41) is 5.14. The Hall–Kier alpha value is -2.36. The van der Waals surface area contributed by atoms with Gasteiger partial charge in [0.25, 0.3) is 5.91 Å². The highest BCUT2D eigenvalue weighted by Gasteiger charge is 2.28. The molecule has 0 saturated carbocycles. The Morgan fingerprint density at radius 1 is 1.07 bits per heavy atom. The third kappa shape index (κ3) is 4.88. The van der Waals surface area contributed by atoms with E-state index in [0.717, 1.165) is 48.6 Å². The minimum atomic E-state index is 0.0283. The van der Waals surface area contributed by atoms with Crippen LogP contribution in [0.4, 0.5) is 0 Å². The van der Waals surface area contributed by atoms with Crippen LogP contribution < -0.4 is 5.32 Å². The monoisotopic (exact) mass is 366 g/mol. The van der Waals surface area contributed by atoms with Crippen LogP contribution in [0, 0.1) is 11.8 Å². The highest BCUT2D eigenvalue weighted by molar-refractivity contribution is 6.07. The number of nitrogens with zero attached hydrogens (tertiary/aromatic N) is 1. The third-order valence-corrected chi connectivity index (χ3v) is 5.43. The second kappa shape index (κ2) is 9.03. The van der Waals surface area contributed by atoms with Gasteiger partial charge in [0.2, 0.25) is 5.91 Å². The number of rotatable bonds is 6. The van der Waals surface area contributed by atoms with Gasteiger partial charge in [0.05, 0.1) is 0 Å². The van der Waals surface area contributed by atoms with Gasteiger partial charge in [-0.1, -0.05) is 50.2 Å². The van der Waals surface area contributed by atoms with Crippen molar-refractivity contribution in [1.29, 1.82) is 0 Å². The largest absolute Gasteiger partial charge is 0.356 e. The van der Waals surface area contributed by atoms with E-state index in [0.29, 0.717) is 19.0 Å². The molecule has 0 aliphatic carbocycles. The molecule has 2 aromatic carbocycles. The van der Waals surface area contributed by atoms with Gasteiger partial charge in [-0.2, -0.15) is 0 Å². The number of piperidine rings is 1. The molecule has 4 heteroatoms. The molecule has 4 nitrogen and oxygen atoms in total. The third-order valence-electron chi connectivity index (χ3n) is 5.43. The van der Waals surface area contributed by atoms with Crippen molar-refractivity contribution in [3.63, 3.8) is 0 Å². The normalized spacial score (nSPS) is 15.3. The van der Waals surface area contributed by atoms with Crippen molar-refractivity contribution in [2.75, 3.05) is 19.6 Å². The molecule has 1 heterocycles. The molecule has 1 saturated heterocycles. The SMILES string of the molecule is CC(C)CCCNC(=O)C1CCN(C(=O)c2cccc3ccccc23)CC1. The Morgan fingerprint density at radius 2 is 1.78 bits per heavy atom. The molecule has 0 atom stereocenters. The molecule has 27 heavy (non-hydrogen) atoms. The number of carbonyl (C=O) groups is 2. The first-order valence-electron chi connectivity index (χ1n) is 10.1. The molecule has 0 radical (unpaired) electrons. The van der Waals surface area contributed by atoms with Gasteiger partial charge < -0.3 is 10.2 Å². The number of carbonyl (C=O) groups excluding carboxylic acids is 2. The molecule has 1 aliphatic heterocycles. The maximum Gasteiger partial charge on any atom is 0.254 e. The zero-order valence-electron chi connectivity index (χ0n) is 16.4. The first kappa shape index (κ1) is 19.4. The van der Waals surface area contributed by atoms with E-state index in [9.17, 15) is 9.59 Å². The van der Waals surface area contributed by atoms with E-state index in [1.54, 1.807) is 0 Å². The number of hydrogen-bond donors (Lipinski definition) is 1.